The van der Waals surface area contributed by atoms with E-state index in [1.807, 2.05) is 44.2 Å². The van der Waals surface area contributed by atoms with Gasteiger partial charge in [0, 0.05) is 12.1 Å². The van der Waals surface area contributed by atoms with Crippen molar-refractivity contribution in [1.29, 1.82) is 0 Å². The number of carboxylic acid groups (broad SMARTS) is 1. The number of carbonyl (C=O) groups is 2. The van der Waals surface area contributed by atoms with Crippen molar-refractivity contribution in [3.05, 3.63) is 71.3 Å². The summed E-state index contributed by atoms with van der Waals surface area (Å²) in [6.07, 6.45) is 1.04. The predicted octanol–water partition coefficient (Wildman–Crippen LogP) is 3.91. The molecule has 0 aliphatic heterocycles. The number of hydrogen-bond donors (Lipinski definition) is 2. The summed E-state index contributed by atoms with van der Waals surface area (Å²) in [5.74, 6) is -0.0323. The fourth-order valence-corrected chi connectivity index (χ4v) is 1.77. The van der Waals surface area contributed by atoms with Gasteiger partial charge in [0.25, 0.3) is 12.4 Å². The summed E-state index contributed by atoms with van der Waals surface area (Å²) >= 11 is 0. The van der Waals surface area contributed by atoms with Gasteiger partial charge in [-0.05, 0) is 29.7 Å². The lowest BCUT2D eigenvalue weighted by Crippen LogP contribution is -2.22. The molecule has 0 aliphatic rings. The van der Waals surface area contributed by atoms with Crippen molar-refractivity contribution >= 4 is 12.4 Å². The van der Waals surface area contributed by atoms with E-state index in [4.69, 9.17) is 9.90 Å². The van der Waals surface area contributed by atoms with Crippen molar-refractivity contribution in [2.24, 2.45) is 0 Å². The Morgan fingerprint density at radius 3 is 1.96 bits per heavy atom. The van der Waals surface area contributed by atoms with Gasteiger partial charge in [-0.25, -0.2) is 0 Å². The molecule has 0 saturated heterocycles. The van der Waals surface area contributed by atoms with Crippen LogP contribution in [0.4, 0.5) is 0 Å². The number of benzene rings is 2. The molecule has 0 atom stereocenters. The molecule has 2 N–H and O–H groups in total. The molecule has 0 aliphatic carbocycles. The van der Waals surface area contributed by atoms with Crippen LogP contribution in [0.25, 0.3) is 0 Å². The summed E-state index contributed by atoms with van der Waals surface area (Å²) in [4.78, 5) is 20.2. The van der Waals surface area contributed by atoms with E-state index in [9.17, 15) is 4.79 Å². The zero-order valence-electron chi connectivity index (χ0n) is 14.0. The monoisotopic (exact) mass is 315 g/mol. The molecule has 0 bridgehead atoms. The first kappa shape index (κ1) is 20.4. The van der Waals surface area contributed by atoms with Gasteiger partial charge in [0.15, 0.2) is 0 Å². The van der Waals surface area contributed by atoms with Gasteiger partial charge in [0.05, 0.1) is 0 Å². The van der Waals surface area contributed by atoms with Gasteiger partial charge in [0.2, 0.25) is 0 Å². The molecule has 0 spiro atoms. The van der Waals surface area contributed by atoms with Crippen molar-refractivity contribution in [2.45, 2.75) is 33.7 Å². The van der Waals surface area contributed by atoms with Crippen molar-refractivity contribution in [3.8, 4) is 0 Å². The second-order valence-corrected chi connectivity index (χ2v) is 4.32. The quantitative estimate of drug-likeness (QED) is 0.841. The summed E-state index contributed by atoms with van der Waals surface area (Å²) in [5, 5.41) is 9.80. The summed E-state index contributed by atoms with van der Waals surface area (Å²) in [6.45, 7) is 6.45. The highest BCUT2D eigenvalue weighted by Crippen LogP contribution is 2.05. The second kappa shape index (κ2) is 13.1. The van der Waals surface area contributed by atoms with Crippen LogP contribution in [0.15, 0.2) is 54.6 Å². The Morgan fingerprint density at radius 1 is 1.00 bits per heavy atom. The molecule has 23 heavy (non-hydrogen) atoms. The number of hydrogen-bond acceptors (Lipinski definition) is 2. The molecule has 0 heterocycles. The number of rotatable bonds is 4. The van der Waals surface area contributed by atoms with Gasteiger partial charge < -0.3 is 10.4 Å². The van der Waals surface area contributed by atoms with Crippen LogP contribution in [0.5, 0.6) is 0 Å². The normalized spacial score (nSPS) is 8.65. The molecular weight excluding hydrogens is 290 g/mol. The molecule has 0 unspecified atom stereocenters. The lowest BCUT2D eigenvalue weighted by atomic mass is 10.1. The highest BCUT2D eigenvalue weighted by atomic mass is 16.3. The predicted molar refractivity (Wildman–Crippen MR) is 93.5 cm³/mol. The lowest BCUT2D eigenvalue weighted by Gasteiger charge is -2.06. The average molecular weight is 315 g/mol. The second-order valence-electron chi connectivity index (χ2n) is 4.32. The Labute approximate surface area is 138 Å². The number of amides is 1. The summed E-state index contributed by atoms with van der Waals surface area (Å²) in [5.41, 5.74) is 3.13. The van der Waals surface area contributed by atoms with Crippen LogP contribution in [0.2, 0.25) is 0 Å². The maximum Gasteiger partial charge on any atom is 0.290 e. The molecular formula is C19H25NO3. The van der Waals surface area contributed by atoms with E-state index < -0.39 is 0 Å². The third-order valence-electron chi connectivity index (χ3n) is 2.92. The van der Waals surface area contributed by atoms with Crippen molar-refractivity contribution in [3.63, 3.8) is 0 Å². The maximum atomic E-state index is 11.8. The van der Waals surface area contributed by atoms with Gasteiger partial charge in [-0.15, -0.1) is 0 Å². The van der Waals surface area contributed by atoms with E-state index in [0.717, 1.165) is 12.0 Å². The van der Waals surface area contributed by atoms with E-state index in [1.54, 1.807) is 0 Å². The molecule has 0 saturated carbocycles. The zero-order valence-corrected chi connectivity index (χ0v) is 14.0. The SMILES string of the molecule is CC.CCc1ccc(CNC(=O)c2ccccc2)cc1.O=CO. The number of aryl methyl sites for hydroxylation is 1. The standard InChI is InChI=1S/C16H17NO.C2H6.CH2O2/c1-2-13-8-10-14(11-9-13)12-17-16(18)15-6-4-3-5-7-15;1-2;2-1-3/h3-11H,2,12H2,1H3,(H,17,18);1-2H3;1H,(H,2,3). The molecule has 0 aromatic heterocycles. The fraction of sp³-hybridized carbons (Fsp3) is 0.263. The van der Waals surface area contributed by atoms with Crippen LogP contribution in [0.3, 0.4) is 0 Å². The first-order chi connectivity index (χ1) is 11.2. The van der Waals surface area contributed by atoms with E-state index in [-0.39, 0.29) is 12.4 Å². The minimum absolute atomic E-state index is 0.0323. The third kappa shape index (κ3) is 8.41. The highest BCUT2D eigenvalue weighted by Gasteiger charge is 2.03. The van der Waals surface area contributed by atoms with Crippen molar-refractivity contribution < 1.29 is 14.7 Å². The summed E-state index contributed by atoms with van der Waals surface area (Å²) in [7, 11) is 0. The summed E-state index contributed by atoms with van der Waals surface area (Å²) < 4.78 is 0. The van der Waals surface area contributed by atoms with E-state index in [0.29, 0.717) is 12.1 Å². The van der Waals surface area contributed by atoms with Crippen LogP contribution in [-0.2, 0) is 17.8 Å². The van der Waals surface area contributed by atoms with Gasteiger partial charge in [-0.3, -0.25) is 9.59 Å². The first-order valence-electron chi connectivity index (χ1n) is 7.70. The number of carbonyl (C=O) groups excluding carboxylic acids is 1. The Balaban J connectivity index is 0.000000868. The highest BCUT2D eigenvalue weighted by molar-refractivity contribution is 5.94. The minimum atomic E-state index is -0.250. The van der Waals surface area contributed by atoms with Gasteiger partial charge in [0.1, 0.15) is 0 Å². The molecule has 4 heteroatoms. The molecule has 124 valence electrons. The maximum absolute atomic E-state index is 11.8. The van der Waals surface area contributed by atoms with Crippen LogP contribution < -0.4 is 5.32 Å². The molecule has 2 aromatic rings. The number of nitrogens with one attached hydrogen (secondary N) is 1. The Morgan fingerprint density at radius 2 is 1.48 bits per heavy atom. The van der Waals surface area contributed by atoms with Gasteiger partial charge in [-0.2, -0.15) is 0 Å². The van der Waals surface area contributed by atoms with Gasteiger partial charge >= 0.3 is 0 Å². The van der Waals surface area contributed by atoms with Crippen LogP contribution in [0.1, 0.15) is 42.3 Å². The Kier molecular flexibility index (Phi) is 11.6. The fourth-order valence-electron chi connectivity index (χ4n) is 1.77. The zero-order chi connectivity index (χ0) is 17.5. The summed E-state index contributed by atoms with van der Waals surface area (Å²) in [6, 6.07) is 17.6. The van der Waals surface area contributed by atoms with Crippen LogP contribution >= 0.6 is 0 Å². The molecule has 1 amide bonds. The third-order valence-corrected chi connectivity index (χ3v) is 2.92. The van der Waals surface area contributed by atoms with Crippen LogP contribution in [-0.4, -0.2) is 17.5 Å². The molecule has 0 radical (unpaired) electrons. The smallest absolute Gasteiger partial charge is 0.290 e. The first-order valence-corrected chi connectivity index (χ1v) is 7.70. The van der Waals surface area contributed by atoms with E-state index >= 15 is 0 Å². The van der Waals surface area contributed by atoms with Gasteiger partial charge in [-0.1, -0.05) is 63.2 Å². The Hall–Kier alpha value is -2.62. The minimum Gasteiger partial charge on any atom is -0.483 e. The Bertz CT molecular complexity index is 551. The van der Waals surface area contributed by atoms with E-state index in [1.165, 1.54) is 5.56 Å². The van der Waals surface area contributed by atoms with Crippen LogP contribution in [0, 0.1) is 0 Å². The average Bonchev–Trinajstić information content (AvgIpc) is 2.63. The van der Waals surface area contributed by atoms with Crippen molar-refractivity contribution in [1.82, 2.24) is 5.32 Å². The largest absolute Gasteiger partial charge is 0.483 e. The van der Waals surface area contributed by atoms with E-state index in [2.05, 4.69) is 36.5 Å². The molecule has 0 fully saturated rings. The lowest BCUT2D eigenvalue weighted by molar-refractivity contribution is -0.122. The molecule has 4 nitrogen and oxygen atoms in total. The van der Waals surface area contributed by atoms with Crippen molar-refractivity contribution in [2.75, 3.05) is 0 Å². The topological polar surface area (TPSA) is 66.4 Å². The molecule has 2 aromatic carbocycles. The molecule has 2 rings (SSSR count).